The van der Waals surface area contributed by atoms with Crippen LogP contribution in [0.1, 0.15) is 19.3 Å². The Morgan fingerprint density at radius 3 is 1.36 bits per heavy atom. The molecule has 0 amide bonds. The molecule has 0 unspecified atom stereocenters. The van der Waals surface area contributed by atoms with Gasteiger partial charge in [-0.2, -0.15) is 0 Å². The van der Waals surface area contributed by atoms with Crippen molar-refractivity contribution in [1.82, 2.24) is 0 Å². The first kappa shape index (κ1) is 26.7. The number of para-hydroxylation sites is 2. The molecule has 9 heteroatoms. The molecule has 4 rings (SSSR count). The number of ketones is 2. The Morgan fingerprint density at radius 2 is 1.03 bits per heavy atom. The second-order valence-electron chi connectivity index (χ2n) is 6.13. The van der Waals surface area contributed by atoms with E-state index in [-0.39, 0.29) is 28.3 Å². The Kier molecular flexibility index (Phi) is 11.2. The standard InChI is InChI=1S/2C12H9NOS2.Co/c2*14-10(12-6-3-7-16-12)8-13-9-4-1-2-5-11(9)15;/h2*1-8,15H;/q;;+2/p-2. The molecular formula is C24H16CoN2O2S4. The summed E-state index contributed by atoms with van der Waals surface area (Å²) in [5.41, 5.74) is 1.31. The van der Waals surface area contributed by atoms with Gasteiger partial charge in [-0.1, -0.05) is 48.5 Å². The van der Waals surface area contributed by atoms with Crippen LogP contribution in [0.25, 0.3) is 0 Å². The summed E-state index contributed by atoms with van der Waals surface area (Å²) in [4.78, 5) is 34.1. The molecule has 0 saturated carbocycles. The maximum absolute atomic E-state index is 11.6. The normalized spacial score (nSPS) is 10.4. The van der Waals surface area contributed by atoms with Crippen molar-refractivity contribution in [1.29, 1.82) is 0 Å². The van der Waals surface area contributed by atoms with E-state index in [1.165, 1.54) is 35.1 Å². The zero-order valence-corrected chi connectivity index (χ0v) is 21.2. The molecule has 4 nitrogen and oxygen atoms in total. The minimum atomic E-state index is -0.0896. The summed E-state index contributed by atoms with van der Waals surface area (Å²) in [6, 6.07) is 21.8. The average Bonchev–Trinajstić information content (AvgIpc) is 3.53. The molecule has 0 N–H and O–H groups in total. The molecule has 0 saturated heterocycles. The van der Waals surface area contributed by atoms with Gasteiger partial charge in [-0.05, 0) is 35.0 Å². The molecule has 4 aromatic rings. The van der Waals surface area contributed by atoms with Crippen LogP contribution in [0.2, 0.25) is 0 Å². The van der Waals surface area contributed by atoms with E-state index in [4.69, 9.17) is 25.3 Å². The minimum Gasteiger partial charge on any atom is -0.778 e. The summed E-state index contributed by atoms with van der Waals surface area (Å²) < 4.78 is 0. The summed E-state index contributed by atoms with van der Waals surface area (Å²) in [5.74, 6) is -0.179. The Labute approximate surface area is 221 Å². The summed E-state index contributed by atoms with van der Waals surface area (Å²) in [6.45, 7) is 0. The number of carbonyl (C=O) groups excluding carboxylic acids is 2. The van der Waals surface area contributed by atoms with E-state index in [2.05, 4.69) is 9.98 Å². The van der Waals surface area contributed by atoms with Gasteiger partial charge in [-0.15, -0.1) is 32.5 Å². The zero-order valence-electron chi connectivity index (χ0n) is 16.9. The molecular weight excluding hydrogens is 535 g/mol. The van der Waals surface area contributed by atoms with E-state index in [1.54, 1.807) is 36.4 Å². The minimum absolute atomic E-state index is 0. The van der Waals surface area contributed by atoms with Crippen molar-refractivity contribution in [3.8, 4) is 0 Å². The predicted octanol–water partition coefficient (Wildman–Crippen LogP) is 6.48. The largest absolute Gasteiger partial charge is 2.00 e. The predicted molar refractivity (Wildman–Crippen MR) is 138 cm³/mol. The first-order valence-electron chi connectivity index (χ1n) is 9.30. The number of benzene rings is 2. The molecule has 0 fully saturated rings. The van der Waals surface area contributed by atoms with Gasteiger partial charge in [0.2, 0.25) is 11.6 Å². The SMILES string of the molecule is O=C(C=Nc1ccccc1[S-])c1cccs1.O=C(C=Nc1ccccc1[S-])c1cccs1.[Co+2]. The van der Waals surface area contributed by atoms with Crippen LogP contribution in [0, 0.1) is 0 Å². The van der Waals surface area contributed by atoms with E-state index in [0.29, 0.717) is 30.9 Å². The van der Waals surface area contributed by atoms with E-state index in [9.17, 15) is 9.59 Å². The van der Waals surface area contributed by atoms with E-state index in [1.807, 2.05) is 47.2 Å². The third kappa shape index (κ3) is 8.39. The van der Waals surface area contributed by atoms with Crippen LogP contribution in [-0.4, -0.2) is 24.0 Å². The summed E-state index contributed by atoms with van der Waals surface area (Å²) in [6.07, 6.45) is 2.63. The Morgan fingerprint density at radius 1 is 0.636 bits per heavy atom. The molecule has 2 aromatic carbocycles. The molecule has 0 bridgehead atoms. The quantitative estimate of drug-likeness (QED) is 0.156. The van der Waals surface area contributed by atoms with Gasteiger partial charge in [-0.3, -0.25) is 19.6 Å². The van der Waals surface area contributed by atoms with Crippen LogP contribution in [-0.2, 0) is 42.0 Å². The molecule has 0 spiro atoms. The molecule has 0 aliphatic carbocycles. The maximum atomic E-state index is 11.6. The molecule has 2 aromatic heterocycles. The molecule has 0 aliphatic rings. The van der Waals surface area contributed by atoms with E-state index < -0.39 is 0 Å². The van der Waals surface area contributed by atoms with Gasteiger partial charge in [0.1, 0.15) is 0 Å². The van der Waals surface area contributed by atoms with Crippen molar-refractivity contribution in [2.75, 3.05) is 0 Å². The number of hydrogen-bond acceptors (Lipinski definition) is 8. The van der Waals surface area contributed by atoms with Crippen LogP contribution in [0.15, 0.2) is 103 Å². The fraction of sp³-hybridized carbons (Fsp3) is 0. The fourth-order valence-electron chi connectivity index (χ4n) is 2.35. The second-order valence-corrected chi connectivity index (χ2v) is 8.91. The third-order valence-electron chi connectivity index (χ3n) is 3.90. The first-order valence-corrected chi connectivity index (χ1v) is 11.9. The van der Waals surface area contributed by atoms with Crippen LogP contribution in [0.5, 0.6) is 0 Å². The van der Waals surface area contributed by atoms with Gasteiger partial charge < -0.3 is 25.3 Å². The van der Waals surface area contributed by atoms with Gasteiger partial charge in [-0.25, -0.2) is 0 Å². The number of hydrogen-bond donors (Lipinski definition) is 0. The molecule has 1 radical (unpaired) electrons. The Balaban J connectivity index is 0.000000227. The molecule has 167 valence electrons. The van der Waals surface area contributed by atoms with Crippen LogP contribution >= 0.6 is 22.7 Å². The van der Waals surface area contributed by atoms with E-state index in [0.717, 1.165) is 0 Å². The molecule has 0 aliphatic heterocycles. The third-order valence-corrected chi connectivity index (χ3v) is 6.36. The van der Waals surface area contributed by atoms with Crippen molar-refractivity contribution in [2.45, 2.75) is 9.79 Å². The van der Waals surface area contributed by atoms with Crippen molar-refractivity contribution in [2.24, 2.45) is 9.98 Å². The second kappa shape index (κ2) is 13.9. The fourth-order valence-corrected chi connectivity index (χ4v) is 4.01. The number of nitrogens with zero attached hydrogens (tertiary/aromatic N) is 2. The molecule has 33 heavy (non-hydrogen) atoms. The van der Waals surface area contributed by atoms with Crippen molar-refractivity contribution >= 4 is 83.3 Å². The van der Waals surface area contributed by atoms with Crippen molar-refractivity contribution in [3.63, 3.8) is 0 Å². The van der Waals surface area contributed by atoms with Crippen LogP contribution < -0.4 is 0 Å². The first-order chi connectivity index (χ1) is 15.5. The summed E-state index contributed by atoms with van der Waals surface area (Å²) in [7, 11) is 0. The molecule has 0 atom stereocenters. The summed E-state index contributed by atoms with van der Waals surface area (Å²) >= 11 is 13.0. The van der Waals surface area contributed by atoms with Crippen LogP contribution in [0.3, 0.4) is 0 Å². The smallest absolute Gasteiger partial charge is 0.778 e. The van der Waals surface area contributed by atoms with Gasteiger partial charge in [0.15, 0.2) is 0 Å². The van der Waals surface area contributed by atoms with Gasteiger partial charge in [0.05, 0.1) is 22.2 Å². The Hall–Kier alpha value is -2.53. The Bertz CT molecular complexity index is 1140. The summed E-state index contributed by atoms with van der Waals surface area (Å²) in [5, 5.41) is 3.73. The number of carbonyl (C=O) groups is 2. The maximum Gasteiger partial charge on any atom is 2.00 e. The number of rotatable bonds is 6. The number of thiophene rings is 2. The number of aliphatic imine (C=N–C) groups is 2. The van der Waals surface area contributed by atoms with Crippen molar-refractivity contribution < 1.29 is 26.4 Å². The zero-order chi connectivity index (χ0) is 22.8. The van der Waals surface area contributed by atoms with Gasteiger partial charge in [0.25, 0.3) is 0 Å². The molecule has 2 heterocycles. The number of Topliss-reactive ketones (excluding diaryl/α,β-unsaturated/α-hetero) is 2. The topological polar surface area (TPSA) is 58.9 Å². The van der Waals surface area contributed by atoms with E-state index >= 15 is 0 Å². The monoisotopic (exact) mass is 551 g/mol. The average molecular weight is 552 g/mol. The van der Waals surface area contributed by atoms with Gasteiger partial charge >= 0.3 is 16.8 Å². The van der Waals surface area contributed by atoms with Crippen molar-refractivity contribution in [3.05, 3.63) is 93.3 Å². The van der Waals surface area contributed by atoms with Crippen LogP contribution in [0.4, 0.5) is 11.4 Å². The van der Waals surface area contributed by atoms with Gasteiger partial charge in [0, 0.05) is 11.4 Å².